The lowest BCUT2D eigenvalue weighted by Crippen LogP contribution is -1.82. The SMILES string of the molecule is C=Cc1ccc2ccccc2c1C=C.c1ccccc1. The highest BCUT2D eigenvalue weighted by molar-refractivity contribution is 5.93. The van der Waals surface area contributed by atoms with Gasteiger partial charge in [-0.1, -0.05) is 98.1 Å². The molecule has 0 saturated heterocycles. The van der Waals surface area contributed by atoms with E-state index in [-0.39, 0.29) is 0 Å². The summed E-state index contributed by atoms with van der Waals surface area (Å²) in [6, 6.07) is 24.5. The van der Waals surface area contributed by atoms with E-state index in [1.165, 1.54) is 10.8 Å². The van der Waals surface area contributed by atoms with Crippen LogP contribution in [-0.2, 0) is 0 Å². The zero-order valence-corrected chi connectivity index (χ0v) is 11.5. The van der Waals surface area contributed by atoms with Gasteiger partial charge >= 0.3 is 0 Å². The van der Waals surface area contributed by atoms with E-state index in [1.807, 2.05) is 60.7 Å². The van der Waals surface area contributed by atoms with Crippen LogP contribution in [0.5, 0.6) is 0 Å². The van der Waals surface area contributed by atoms with Gasteiger partial charge in [0.15, 0.2) is 0 Å². The first kappa shape index (κ1) is 13.8. The van der Waals surface area contributed by atoms with Gasteiger partial charge < -0.3 is 0 Å². The van der Waals surface area contributed by atoms with Gasteiger partial charge in [0.25, 0.3) is 0 Å². The lowest BCUT2D eigenvalue weighted by Gasteiger charge is -2.05. The highest BCUT2D eigenvalue weighted by atomic mass is 14.0. The first-order chi connectivity index (χ1) is 9.86. The average molecular weight is 258 g/mol. The van der Waals surface area contributed by atoms with E-state index in [4.69, 9.17) is 0 Å². The van der Waals surface area contributed by atoms with Gasteiger partial charge in [-0.3, -0.25) is 0 Å². The second kappa shape index (κ2) is 7.10. The van der Waals surface area contributed by atoms with Gasteiger partial charge in [-0.15, -0.1) is 0 Å². The highest BCUT2D eigenvalue weighted by Crippen LogP contribution is 2.23. The van der Waals surface area contributed by atoms with Crippen LogP contribution < -0.4 is 0 Å². The fourth-order valence-corrected chi connectivity index (χ4v) is 2.10. The van der Waals surface area contributed by atoms with Gasteiger partial charge in [0.1, 0.15) is 0 Å². The smallest absolute Gasteiger partial charge is 0.0106 e. The van der Waals surface area contributed by atoms with Gasteiger partial charge in [-0.05, 0) is 21.9 Å². The summed E-state index contributed by atoms with van der Waals surface area (Å²) in [5.74, 6) is 0. The molecule has 0 aliphatic carbocycles. The van der Waals surface area contributed by atoms with Crippen LogP contribution in [0.15, 0.2) is 86.0 Å². The summed E-state index contributed by atoms with van der Waals surface area (Å²) < 4.78 is 0. The minimum Gasteiger partial charge on any atom is -0.0984 e. The molecule has 20 heavy (non-hydrogen) atoms. The van der Waals surface area contributed by atoms with Crippen LogP contribution >= 0.6 is 0 Å². The van der Waals surface area contributed by atoms with Crippen molar-refractivity contribution in [3.8, 4) is 0 Å². The Hall–Kier alpha value is -2.60. The Morgan fingerprint density at radius 3 is 1.75 bits per heavy atom. The predicted octanol–water partition coefficient (Wildman–Crippen LogP) is 5.81. The molecule has 0 radical (unpaired) electrons. The van der Waals surface area contributed by atoms with Crippen molar-refractivity contribution >= 4 is 22.9 Å². The number of fused-ring (bicyclic) bond motifs is 1. The number of benzene rings is 3. The molecular formula is C20H18. The van der Waals surface area contributed by atoms with E-state index >= 15 is 0 Å². The van der Waals surface area contributed by atoms with Crippen molar-refractivity contribution in [2.24, 2.45) is 0 Å². The Balaban J connectivity index is 0.000000205. The monoisotopic (exact) mass is 258 g/mol. The summed E-state index contributed by atoms with van der Waals surface area (Å²) in [4.78, 5) is 0. The highest BCUT2D eigenvalue weighted by Gasteiger charge is 2.00. The molecule has 0 N–H and O–H groups in total. The van der Waals surface area contributed by atoms with Crippen LogP contribution in [0, 0.1) is 0 Å². The fourth-order valence-electron chi connectivity index (χ4n) is 2.10. The summed E-state index contributed by atoms with van der Waals surface area (Å²) in [5.41, 5.74) is 2.30. The molecule has 0 aliphatic rings. The topological polar surface area (TPSA) is 0 Å². The van der Waals surface area contributed by atoms with Crippen LogP contribution in [-0.4, -0.2) is 0 Å². The maximum absolute atomic E-state index is 3.84. The summed E-state index contributed by atoms with van der Waals surface area (Å²) in [7, 11) is 0. The molecule has 0 heterocycles. The van der Waals surface area contributed by atoms with Gasteiger partial charge in [0.2, 0.25) is 0 Å². The molecule has 0 nitrogen and oxygen atoms in total. The molecule has 0 bridgehead atoms. The molecule has 98 valence electrons. The van der Waals surface area contributed by atoms with E-state index < -0.39 is 0 Å². The Bertz CT molecular complexity index is 667. The number of hydrogen-bond acceptors (Lipinski definition) is 0. The summed E-state index contributed by atoms with van der Waals surface area (Å²) >= 11 is 0. The third kappa shape index (κ3) is 3.24. The number of hydrogen-bond donors (Lipinski definition) is 0. The maximum atomic E-state index is 3.84. The minimum atomic E-state index is 1.14. The third-order valence-corrected chi connectivity index (χ3v) is 3.10. The molecule has 0 spiro atoms. The average Bonchev–Trinajstić information content (AvgIpc) is 2.56. The van der Waals surface area contributed by atoms with Crippen LogP contribution in [0.2, 0.25) is 0 Å². The van der Waals surface area contributed by atoms with Gasteiger partial charge in [-0.2, -0.15) is 0 Å². The molecule has 0 amide bonds. The molecule has 3 rings (SSSR count). The van der Waals surface area contributed by atoms with Crippen molar-refractivity contribution in [3.05, 3.63) is 97.1 Å². The maximum Gasteiger partial charge on any atom is -0.0106 e. The van der Waals surface area contributed by atoms with Crippen molar-refractivity contribution in [1.82, 2.24) is 0 Å². The quantitative estimate of drug-likeness (QED) is 0.544. The van der Waals surface area contributed by atoms with Gasteiger partial charge in [0, 0.05) is 0 Å². The molecule has 0 atom stereocenters. The molecule has 0 unspecified atom stereocenters. The largest absolute Gasteiger partial charge is 0.0984 e. The zero-order valence-electron chi connectivity index (χ0n) is 11.5. The van der Waals surface area contributed by atoms with E-state index in [2.05, 4.69) is 37.4 Å². The second-order valence-electron chi connectivity index (χ2n) is 4.35. The fraction of sp³-hybridized carbons (Fsp3) is 0. The lowest BCUT2D eigenvalue weighted by atomic mass is 9.99. The molecule has 0 aromatic heterocycles. The van der Waals surface area contributed by atoms with Crippen molar-refractivity contribution in [3.63, 3.8) is 0 Å². The van der Waals surface area contributed by atoms with Crippen LogP contribution in [0.1, 0.15) is 11.1 Å². The van der Waals surface area contributed by atoms with Crippen molar-refractivity contribution in [1.29, 1.82) is 0 Å². The molecule has 0 saturated carbocycles. The molecule has 3 aromatic carbocycles. The minimum absolute atomic E-state index is 1.14. The molecule has 0 heteroatoms. The van der Waals surface area contributed by atoms with E-state index in [1.54, 1.807) is 0 Å². The van der Waals surface area contributed by atoms with Gasteiger partial charge in [0.05, 0.1) is 0 Å². The predicted molar refractivity (Wildman–Crippen MR) is 90.6 cm³/mol. The van der Waals surface area contributed by atoms with E-state index in [0.29, 0.717) is 0 Å². The Labute approximate surface area is 120 Å². The standard InChI is InChI=1S/C14H12.C6H6/c1-3-11-9-10-12-7-5-6-8-14(12)13(11)4-2;1-2-4-6-5-3-1/h3-10H,1-2H2;1-6H. The van der Waals surface area contributed by atoms with E-state index in [9.17, 15) is 0 Å². The summed E-state index contributed by atoms with van der Waals surface area (Å²) in [6.45, 7) is 7.64. The summed E-state index contributed by atoms with van der Waals surface area (Å²) in [5, 5.41) is 2.48. The first-order valence-corrected chi connectivity index (χ1v) is 6.63. The van der Waals surface area contributed by atoms with Crippen LogP contribution in [0.25, 0.3) is 22.9 Å². The molecular weight excluding hydrogens is 240 g/mol. The molecule has 0 aliphatic heterocycles. The zero-order chi connectivity index (χ0) is 14.2. The first-order valence-electron chi connectivity index (χ1n) is 6.63. The second-order valence-corrected chi connectivity index (χ2v) is 4.35. The van der Waals surface area contributed by atoms with Crippen molar-refractivity contribution in [2.45, 2.75) is 0 Å². The van der Waals surface area contributed by atoms with Crippen LogP contribution in [0.3, 0.4) is 0 Å². The lowest BCUT2D eigenvalue weighted by molar-refractivity contribution is 1.67. The molecule has 3 aromatic rings. The molecule has 0 fully saturated rings. The number of rotatable bonds is 2. The Morgan fingerprint density at radius 1 is 0.600 bits per heavy atom. The van der Waals surface area contributed by atoms with E-state index in [0.717, 1.165) is 11.1 Å². The Kier molecular flexibility index (Phi) is 4.91. The van der Waals surface area contributed by atoms with Crippen molar-refractivity contribution in [2.75, 3.05) is 0 Å². The van der Waals surface area contributed by atoms with Crippen molar-refractivity contribution < 1.29 is 0 Å². The Morgan fingerprint density at radius 2 is 1.20 bits per heavy atom. The normalized spacial score (nSPS) is 9.40. The third-order valence-electron chi connectivity index (χ3n) is 3.10. The van der Waals surface area contributed by atoms with Crippen LogP contribution in [0.4, 0.5) is 0 Å². The van der Waals surface area contributed by atoms with Gasteiger partial charge in [-0.25, -0.2) is 0 Å². The summed E-state index contributed by atoms with van der Waals surface area (Å²) in [6.07, 6.45) is 3.75.